The van der Waals surface area contributed by atoms with Crippen LogP contribution in [0.3, 0.4) is 0 Å². The van der Waals surface area contributed by atoms with E-state index in [0.717, 1.165) is 11.3 Å². The molecule has 0 fully saturated rings. The zero-order chi connectivity index (χ0) is 14.5. The molecule has 20 heavy (non-hydrogen) atoms. The second-order valence-electron chi connectivity index (χ2n) is 4.39. The first kappa shape index (κ1) is 14.0. The molecule has 2 aromatic rings. The lowest BCUT2D eigenvalue weighted by molar-refractivity contribution is 0.102. The molecule has 0 saturated heterocycles. The van der Waals surface area contributed by atoms with Gasteiger partial charge in [-0.1, -0.05) is 23.8 Å². The van der Waals surface area contributed by atoms with Gasteiger partial charge in [-0.3, -0.25) is 4.79 Å². The highest BCUT2D eigenvalue weighted by Gasteiger charge is 2.06. The highest BCUT2D eigenvalue weighted by atomic mass is 32.1. The third kappa shape index (κ3) is 3.80. The Kier molecular flexibility index (Phi) is 4.32. The van der Waals surface area contributed by atoms with Crippen LogP contribution in [-0.2, 0) is 0 Å². The van der Waals surface area contributed by atoms with Crippen molar-refractivity contribution in [2.45, 2.75) is 6.92 Å². The van der Waals surface area contributed by atoms with Crippen LogP contribution in [0.2, 0.25) is 0 Å². The van der Waals surface area contributed by atoms with Gasteiger partial charge in [-0.05, 0) is 49.5 Å². The topological polar surface area (TPSA) is 67.2 Å². The van der Waals surface area contributed by atoms with E-state index < -0.39 is 0 Å². The number of hydrogen-bond donors (Lipinski definition) is 3. The van der Waals surface area contributed by atoms with Crippen LogP contribution in [0.25, 0.3) is 0 Å². The van der Waals surface area contributed by atoms with E-state index in [1.807, 2.05) is 31.2 Å². The van der Waals surface area contributed by atoms with E-state index in [1.54, 1.807) is 24.3 Å². The summed E-state index contributed by atoms with van der Waals surface area (Å²) in [6.45, 7) is 2.00. The standard InChI is InChI=1S/C15H15N3OS/c1-10-5-7-12(8-6-10)17-14(19)11-3-2-4-13(9-11)18-15(16)20/h2-9H,1H3,(H,17,19)(H3,16,18,20). The summed E-state index contributed by atoms with van der Waals surface area (Å²) >= 11 is 4.77. The maximum Gasteiger partial charge on any atom is 0.255 e. The Morgan fingerprint density at radius 1 is 1.05 bits per heavy atom. The van der Waals surface area contributed by atoms with Crippen molar-refractivity contribution in [2.75, 3.05) is 10.6 Å². The summed E-state index contributed by atoms with van der Waals surface area (Å²) in [5.41, 5.74) is 8.53. The number of aryl methyl sites for hydroxylation is 1. The Morgan fingerprint density at radius 3 is 2.40 bits per heavy atom. The van der Waals surface area contributed by atoms with Crippen LogP contribution in [-0.4, -0.2) is 11.0 Å². The fraction of sp³-hybridized carbons (Fsp3) is 0.0667. The minimum absolute atomic E-state index is 0.168. The summed E-state index contributed by atoms with van der Waals surface area (Å²) in [7, 11) is 0. The van der Waals surface area contributed by atoms with E-state index >= 15 is 0 Å². The van der Waals surface area contributed by atoms with E-state index in [9.17, 15) is 4.79 Å². The van der Waals surface area contributed by atoms with Gasteiger partial charge in [-0.2, -0.15) is 0 Å². The normalized spacial score (nSPS) is 9.85. The van der Waals surface area contributed by atoms with Gasteiger partial charge in [-0.25, -0.2) is 0 Å². The van der Waals surface area contributed by atoms with Crippen LogP contribution in [0.15, 0.2) is 48.5 Å². The first-order valence-electron chi connectivity index (χ1n) is 6.09. The number of amides is 1. The van der Waals surface area contributed by atoms with Crippen molar-refractivity contribution in [2.24, 2.45) is 5.73 Å². The van der Waals surface area contributed by atoms with Crippen molar-refractivity contribution in [3.05, 3.63) is 59.7 Å². The SMILES string of the molecule is Cc1ccc(NC(=O)c2cccc(NC(N)=S)c2)cc1. The van der Waals surface area contributed by atoms with Gasteiger partial charge in [0.2, 0.25) is 0 Å². The highest BCUT2D eigenvalue weighted by molar-refractivity contribution is 7.80. The Morgan fingerprint density at radius 2 is 1.75 bits per heavy atom. The number of carbonyl (C=O) groups is 1. The van der Waals surface area contributed by atoms with Crippen LogP contribution in [0, 0.1) is 6.92 Å². The number of rotatable bonds is 3. The van der Waals surface area contributed by atoms with Crippen LogP contribution in [0.4, 0.5) is 11.4 Å². The predicted octanol–water partition coefficient (Wildman–Crippen LogP) is 2.90. The molecule has 0 unspecified atom stereocenters. The van der Waals surface area contributed by atoms with Crippen LogP contribution in [0.5, 0.6) is 0 Å². The highest BCUT2D eigenvalue weighted by Crippen LogP contribution is 2.14. The van der Waals surface area contributed by atoms with Crippen molar-refractivity contribution in [1.82, 2.24) is 0 Å². The number of thiocarbonyl (C=S) groups is 1. The fourth-order valence-electron chi connectivity index (χ4n) is 1.72. The molecule has 0 heterocycles. The molecule has 4 N–H and O–H groups in total. The average molecular weight is 285 g/mol. The van der Waals surface area contributed by atoms with Gasteiger partial charge in [0, 0.05) is 16.9 Å². The molecule has 2 rings (SSSR count). The summed E-state index contributed by atoms with van der Waals surface area (Å²) in [5, 5.41) is 5.80. The molecule has 1 amide bonds. The molecule has 0 saturated carbocycles. The molecule has 5 heteroatoms. The van der Waals surface area contributed by atoms with Crippen LogP contribution >= 0.6 is 12.2 Å². The zero-order valence-corrected chi connectivity index (χ0v) is 11.8. The zero-order valence-electron chi connectivity index (χ0n) is 11.0. The summed E-state index contributed by atoms with van der Waals surface area (Å²) < 4.78 is 0. The van der Waals surface area contributed by atoms with Gasteiger partial charge in [0.05, 0.1) is 0 Å². The number of benzene rings is 2. The Balaban J connectivity index is 2.12. The quantitative estimate of drug-likeness (QED) is 0.759. The van der Waals surface area contributed by atoms with E-state index in [-0.39, 0.29) is 11.0 Å². The minimum Gasteiger partial charge on any atom is -0.376 e. The molecule has 0 aliphatic carbocycles. The largest absolute Gasteiger partial charge is 0.376 e. The summed E-state index contributed by atoms with van der Waals surface area (Å²) in [6, 6.07) is 14.6. The number of carbonyl (C=O) groups excluding carboxylic acids is 1. The minimum atomic E-state index is -0.180. The molecule has 102 valence electrons. The van der Waals surface area contributed by atoms with Crippen LogP contribution < -0.4 is 16.4 Å². The lowest BCUT2D eigenvalue weighted by atomic mass is 10.1. The van der Waals surface area contributed by atoms with Gasteiger partial charge in [-0.15, -0.1) is 0 Å². The molecular formula is C15H15N3OS. The molecule has 0 radical (unpaired) electrons. The molecule has 2 aromatic carbocycles. The molecule has 0 aromatic heterocycles. The molecule has 4 nitrogen and oxygen atoms in total. The Hall–Kier alpha value is -2.40. The molecule has 0 atom stereocenters. The van der Waals surface area contributed by atoms with Gasteiger partial charge in [0.1, 0.15) is 0 Å². The predicted molar refractivity (Wildman–Crippen MR) is 86.0 cm³/mol. The lowest BCUT2D eigenvalue weighted by Crippen LogP contribution is -2.19. The monoisotopic (exact) mass is 285 g/mol. The number of nitrogens with two attached hydrogens (primary N) is 1. The Bertz CT molecular complexity index is 638. The maximum atomic E-state index is 12.1. The fourth-order valence-corrected chi connectivity index (χ4v) is 1.84. The van der Waals surface area contributed by atoms with Crippen molar-refractivity contribution in [1.29, 1.82) is 0 Å². The van der Waals surface area contributed by atoms with Crippen molar-refractivity contribution in [3.63, 3.8) is 0 Å². The van der Waals surface area contributed by atoms with Gasteiger partial charge in [0.15, 0.2) is 5.11 Å². The summed E-state index contributed by atoms with van der Waals surface area (Å²) in [6.07, 6.45) is 0. The number of anilines is 2. The van der Waals surface area contributed by atoms with Gasteiger partial charge < -0.3 is 16.4 Å². The second-order valence-corrected chi connectivity index (χ2v) is 4.83. The molecule has 0 aliphatic rings. The third-order valence-electron chi connectivity index (χ3n) is 2.70. The van der Waals surface area contributed by atoms with Crippen molar-refractivity contribution < 1.29 is 4.79 Å². The molecular weight excluding hydrogens is 270 g/mol. The van der Waals surface area contributed by atoms with Gasteiger partial charge >= 0.3 is 0 Å². The van der Waals surface area contributed by atoms with E-state index in [2.05, 4.69) is 10.6 Å². The summed E-state index contributed by atoms with van der Waals surface area (Å²) in [5.74, 6) is -0.180. The maximum absolute atomic E-state index is 12.1. The van der Waals surface area contributed by atoms with E-state index in [1.165, 1.54) is 0 Å². The smallest absolute Gasteiger partial charge is 0.255 e. The second kappa shape index (κ2) is 6.16. The number of hydrogen-bond acceptors (Lipinski definition) is 2. The first-order chi connectivity index (χ1) is 9.54. The Labute approximate surface area is 123 Å². The first-order valence-corrected chi connectivity index (χ1v) is 6.50. The summed E-state index contributed by atoms with van der Waals surface area (Å²) in [4.78, 5) is 12.1. The molecule has 0 aliphatic heterocycles. The molecule has 0 spiro atoms. The van der Waals surface area contributed by atoms with Crippen molar-refractivity contribution >= 4 is 34.6 Å². The van der Waals surface area contributed by atoms with Crippen LogP contribution in [0.1, 0.15) is 15.9 Å². The third-order valence-corrected chi connectivity index (χ3v) is 2.80. The number of nitrogens with one attached hydrogen (secondary N) is 2. The van der Waals surface area contributed by atoms with E-state index in [4.69, 9.17) is 18.0 Å². The lowest BCUT2D eigenvalue weighted by Gasteiger charge is -2.08. The van der Waals surface area contributed by atoms with E-state index in [0.29, 0.717) is 11.3 Å². The van der Waals surface area contributed by atoms with Crippen molar-refractivity contribution in [3.8, 4) is 0 Å². The molecule has 0 bridgehead atoms. The van der Waals surface area contributed by atoms with Gasteiger partial charge in [0.25, 0.3) is 5.91 Å². The average Bonchev–Trinajstić information content (AvgIpc) is 2.41.